The van der Waals surface area contributed by atoms with Gasteiger partial charge in [0.2, 0.25) is 5.91 Å². The number of anilines is 1. The van der Waals surface area contributed by atoms with E-state index >= 15 is 0 Å². The molecular weight excluding hydrogens is 350 g/mol. The van der Waals surface area contributed by atoms with Crippen molar-refractivity contribution in [2.75, 3.05) is 32.8 Å². The van der Waals surface area contributed by atoms with Gasteiger partial charge in [-0.25, -0.2) is 0 Å². The third-order valence-corrected chi connectivity index (χ3v) is 4.12. The van der Waals surface area contributed by atoms with E-state index in [4.69, 9.17) is 18.9 Å². The summed E-state index contributed by atoms with van der Waals surface area (Å²) in [6.07, 6.45) is 0.130. The van der Waals surface area contributed by atoms with Crippen LogP contribution >= 0.6 is 0 Å². The van der Waals surface area contributed by atoms with Gasteiger partial charge in [-0.05, 0) is 30.3 Å². The normalized spacial score (nSPS) is 12.2. The topological polar surface area (TPSA) is 83.1 Å². The standard InChI is InChI=1S/C20H21NO6/c1-24-14-4-7-17(25-2)15(12-14)21-20(23)8-5-16(22)13-3-6-18-19(11-13)27-10-9-26-18/h3-4,6-7,11-12H,5,8-10H2,1-2H3,(H,21,23). The highest BCUT2D eigenvalue weighted by Gasteiger charge is 2.16. The van der Waals surface area contributed by atoms with Gasteiger partial charge in [0.05, 0.1) is 19.9 Å². The summed E-state index contributed by atoms with van der Waals surface area (Å²) in [5.74, 6) is 1.87. The summed E-state index contributed by atoms with van der Waals surface area (Å²) in [5, 5.41) is 2.75. The molecule has 0 radical (unpaired) electrons. The monoisotopic (exact) mass is 371 g/mol. The number of nitrogens with one attached hydrogen (secondary N) is 1. The number of rotatable bonds is 7. The van der Waals surface area contributed by atoms with Crippen molar-refractivity contribution in [1.29, 1.82) is 0 Å². The van der Waals surface area contributed by atoms with Crippen LogP contribution in [0, 0.1) is 0 Å². The highest BCUT2D eigenvalue weighted by molar-refractivity contribution is 6.00. The molecule has 2 aromatic rings. The number of ketones is 1. The predicted molar refractivity (Wildman–Crippen MR) is 99.2 cm³/mol. The van der Waals surface area contributed by atoms with Gasteiger partial charge >= 0.3 is 0 Å². The second-order valence-electron chi connectivity index (χ2n) is 5.90. The zero-order valence-electron chi connectivity index (χ0n) is 15.2. The van der Waals surface area contributed by atoms with Crippen LogP contribution in [-0.4, -0.2) is 39.1 Å². The molecule has 0 fully saturated rings. The van der Waals surface area contributed by atoms with Crippen molar-refractivity contribution in [3.05, 3.63) is 42.0 Å². The van der Waals surface area contributed by atoms with Crippen molar-refractivity contribution >= 4 is 17.4 Å². The van der Waals surface area contributed by atoms with Crippen molar-refractivity contribution in [1.82, 2.24) is 0 Å². The molecule has 0 aliphatic carbocycles. The van der Waals surface area contributed by atoms with Crippen molar-refractivity contribution in [2.24, 2.45) is 0 Å². The molecule has 1 aliphatic heterocycles. The van der Waals surface area contributed by atoms with Gasteiger partial charge in [-0.3, -0.25) is 9.59 Å². The van der Waals surface area contributed by atoms with Crippen LogP contribution < -0.4 is 24.3 Å². The number of Topliss-reactive ketones (excluding diaryl/α,β-unsaturated/α-hetero) is 1. The maximum absolute atomic E-state index is 12.4. The summed E-state index contributed by atoms with van der Waals surface area (Å²) in [7, 11) is 3.06. The van der Waals surface area contributed by atoms with Gasteiger partial charge in [-0.2, -0.15) is 0 Å². The van der Waals surface area contributed by atoms with Gasteiger partial charge in [-0.15, -0.1) is 0 Å². The van der Waals surface area contributed by atoms with Crippen LogP contribution in [-0.2, 0) is 4.79 Å². The lowest BCUT2D eigenvalue weighted by Gasteiger charge is -2.18. The van der Waals surface area contributed by atoms with Crippen LogP contribution in [0.1, 0.15) is 23.2 Å². The summed E-state index contributed by atoms with van der Waals surface area (Å²) < 4.78 is 21.3. The molecule has 1 heterocycles. The lowest BCUT2D eigenvalue weighted by molar-refractivity contribution is -0.116. The molecule has 0 saturated heterocycles. The maximum atomic E-state index is 12.4. The number of hydrogen-bond acceptors (Lipinski definition) is 6. The molecule has 7 heteroatoms. The molecule has 27 heavy (non-hydrogen) atoms. The molecule has 0 spiro atoms. The van der Waals surface area contributed by atoms with E-state index in [2.05, 4.69) is 5.32 Å². The summed E-state index contributed by atoms with van der Waals surface area (Å²) >= 11 is 0. The average molecular weight is 371 g/mol. The molecule has 0 atom stereocenters. The molecule has 142 valence electrons. The zero-order valence-corrected chi connectivity index (χ0v) is 15.2. The smallest absolute Gasteiger partial charge is 0.224 e. The Kier molecular flexibility index (Phi) is 5.80. The number of amides is 1. The molecule has 2 aromatic carbocycles. The maximum Gasteiger partial charge on any atom is 0.224 e. The Labute approximate surface area is 157 Å². The predicted octanol–water partition coefficient (Wildman–Crippen LogP) is 3.08. The highest BCUT2D eigenvalue weighted by Crippen LogP contribution is 2.31. The van der Waals surface area contributed by atoms with E-state index in [-0.39, 0.29) is 24.5 Å². The number of benzene rings is 2. The van der Waals surface area contributed by atoms with E-state index in [1.807, 2.05) is 0 Å². The lowest BCUT2D eigenvalue weighted by Crippen LogP contribution is -2.16. The van der Waals surface area contributed by atoms with E-state index in [9.17, 15) is 9.59 Å². The van der Waals surface area contributed by atoms with Crippen molar-refractivity contribution in [3.63, 3.8) is 0 Å². The molecule has 1 amide bonds. The summed E-state index contributed by atoms with van der Waals surface area (Å²) in [4.78, 5) is 24.6. The van der Waals surface area contributed by atoms with Crippen LogP contribution in [0.2, 0.25) is 0 Å². The minimum absolute atomic E-state index is 0.0492. The first-order valence-corrected chi connectivity index (χ1v) is 8.55. The van der Waals surface area contributed by atoms with E-state index < -0.39 is 0 Å². The summed E-state index contributed by atoms with van der Waals surface area (Å²) in [6, 6.07) is 10.1. The van der Waals surface area contributed by atoms with Crippen LogP contribution in [0.25, 0.3) is 0 Å². The molecular formula is C20H21NO6. The van der Waals surface area contributed by atoms with E-state index in [0.717, 1.165) is 0 Å². The SMILES string of the molecule is COc1ccc(OC)c(NC(=O)CCC(=O)c2ccc3c(c2)OCCO3)c1. The Hall–Kier alpha value is -3.22. The number of carbonyl (C=O) groups excluding carboxylic acids is 2. The van der Waals surface area contributed by atoms with Gasteiger partial charge in [0.25, 0.3) is 0 Å². The molecule has 1 N–H and O–H groups in total. The zero-order chi connectivity index (χ0) is 19.2. The van der Waals surface area contributed by atoms with E-state index in [1.54, 1.807) is 43.5 Å². The van der Waals surface area contributed by atoms with Gasteiger partial charge in [0.15, 0.2) is 17.3 Å². The van der Waals surface area contributed by atoms with Crippen LogP contribution in [0.4, 0.5) is 5.69 Å². The molecule has 0 bridgehead atoms. The first-order chi connectivity index (χ1) is 13.1. The molecule has 3 rings (SSSR count). The average Bonchev–Trinajstić information content (AvgIpc) is 2.71. The second kappa shape index (κ2) is 8.44. The van der Waals surface area contributed by atoms with Crippen molar-refractivity contribution in [3.8, 4) is 23.0 Å². The summed E-state index contributed by atoms with van der Waals surface area (Å²) in [6.45, 7) is 0.948. The van der Waals surface area contributed by atoms with Gasteiger partial charge in [0, 0.05) is 24.5 Å². The fourth-order valence-corrected chi connectivity index (χ4v) is 2.71. The summed E-state index contributed by atoms with van der Waals surface area (Å²) in [5.41, 5.74) is 0.986. The Bertz CT molecular complexity index is 848. The van der Waals surface area contributed by atoms with E-state index in [1.165, 1.54) is 7.11 Å². The number of methoxy groups -OCH3 is 2. The van der Waals surface area contributed by atoms with Crippen molar-refractivity contribution < 1.29 is 28.5 Å². The number of carbonyl (C=O) groups is 2. The van der Waals surface area contributed by atoms with E-state index in [0.29, 0.717) is 47.5 Å². The minimum Gasteiger partial charge on any atom is -0.497 e. The lowest BCUT2D eigenvalue weighted by atomic mass is 10.1. The van der Waals surface area contributed by atoms with Gasteiger partial charge in [0.1, 0.15) is 24.7 Å². The third-order valence-electron chi connectivity index (χ3n) is 4.12. The number of ether oxygens (including phenoxy) is 4. The quantitative estimate of drug-likeness (QED) is 0.753. The third kappa shape index (κ3) is 4.49. The highest BCUT2D eigenvalue weighted by atomic mass is 16.6. The molecule has 0 aromatic heterocycles. The largest absolute Gasteiger partial charge is 0.497 e. The van der Waals surface area contributed by atoms with Crippen LogP contribution in [0.5, 0.6) is 23.0 Å². The fraction of sp³-hybridized carbons (Fsp3) is 0.300. The Morgan fingerprint density at radius 2 is 1.74 bits per heavy atom. The Morgan fingerprint density at radius 3 is 2.48 bits per heavy atom. The van der Waals surface area contributed by atoms with Gasteiger partial charge in [-0.1, -0.05) is 0 Å². The van der Waals surface area contributed by atoms with Crippen molar-refractivity contribution in [2.45, 2.75) is 12.8 Å². The molecule has 1 aliphatic rings. The Balaban J connectivity index is 1.60. The Morgan fingerprint density at radius 1 is 0.963 bits per heavy atom. The second-order valence-corrected chi connectivity index (χ2v) is 5.90. The fourth-order valence-electron chi connectivity index (χ4n) is 2.71. The van der Waals surface area contributed by atoms with Crippen LogP contribution in [0.3, 0.4) is 0 Å². The van der Waals surface area contributed by atoms with Crippen LogP contribution in [0.15, 0.2) is 36.4 Å². The molecule has 7 nitrogen and oxygen atoms in total. The molecule has 0 unspecified atom stereocenters. The number of hydrogen-bond donors (Lipinski definition) is 1. The molecule has 0 saturated carbocycles. The number of fused-ring (bicyclic) bond motifs is 1. The first-order valence-electron chi connectivity index (χ1n) is 8.55. The van der Waals surface area contributed by atoms with Gasteiger partial charge < -0.3 is 24.3 Å². The first kappa shape index (κ1) is 18.6. The minimum atomic E-state index is -0.285.